The Morgan fingerprint density at radius 1 is 1.17 bits per heavy atom. The van der Waals surface area contributed by atoms with Crippen molar-refractivity contribution in [2.24, 2.45) is 10.9 Å². The van der Waals surface area contributed by atoms with Crippen molar-refractivity contribution in [2.75, 3.05) is 19.8 Å². The van der Waals surface area contributed by atoms with Crippen LogP contribution in [0.3, 0.4) is 0 Å². The molecule has 2 aliphatic rings. The molecule has 0 radical (unpaired) electrons. The average Bonchev–Trinajstić information content (AvgIpc) is 2.72. The number of halogens is 1. The Hall–Kier alpha value is -0.860. The molecule has 0 amide bonds. The van der Waals surface area contributed by atoms with Gasteiger partial charge in [-0.15, -0.1) is 24.0 Å². The van der Waals surface area contributed by atoms with Crippen LogP contribution in [0, 0.1) is 5.92 Å². The van der Waals surface area contributed by atoms with E-state index >= 15 is 0 Å². The summed E-state index contributed by atoms with van der Waals surface area (Å²) in [6, 6.07) is 9.15. The van der Waals surface area contributed by atoms with Crippen molar-refractivity contribution >= 4 is 29.9 Å². The van der Waals surface area contributed by atoms with Gasteiger partial charge in [0, 0.05) is 25.8 Å². The molecular formula is C23H38IN3O2. The van der Waals surface area contributed by atoms with E-state index in [-0.39, 0.29) is 24.0 Å². The van der Waals surface area contributed by atoms with Gasteiger partial charge in [-0.3, -0.25) is 0 Å². The number of benzene rings is 1. The van der Waals surface area contributed by atoms with Crippen LogP contribution in [0.5, 0.6) is 0 Å². The molecule has 2 unspecified atom stereocenters. The maximum absolute atomic E-state index is 6.06. The lowest BCUT2D eigenvalue weighted by molar-refractivity contribution is -0.0390. The third kappa shape index (κ3) is 8.80. The maximum Gasteiger partial charge on any atom is 0.191 e. The van der Waals surface area contributed by atoms with Crippen LogP contribution >= 0.6 is 24.0 Å². The van der Waals surface area contributed by atoms with Gasteiger partial charge in [0.15, 0.2) is 5.96 Å². The Labute approximate surface area is 193 Å². The molecule has 1 aromatic carbocycles. The van der Waals surface area contributed by atoms with Crippen LogP contribution in [0.2, 0.25) is 0 Å². The minimum absolute atomic E-state index is 0. The van der Waals surface area contributed by atoms with Gasteiger partial charge in [-0.05, 0) is 49.7 Å². The van der Waals surface area contributed by atoms with Crippen molar-refractivity contribution in [1.82, 2.24) is 10.6 Å². The summed E-state index contributed by atoms with van der Waals surface area (Å²) in [4.78, 5) is 4.83. The SMILES string of the molecule is CCNC(=NCc1cccc(COC2CCOCC2)c1)NC1CCCC(C)C1.I. The molecule has 2 N–H and O–H groups in total. The third-order valence-electron chi connectivity index (χ3n) is 5.69. The standard InChI is InChI=1S/C23H37N3O2.HI/c1-3-24-23(26-21-9-4-6-18(2)14-21)25-16-19-7-5-8-20(15-19)17-28-22-10-12-27-13-11-22;/h5,7-8,15,18,21-22H,3-4,6,9-14,16-17H2,1-2H3,(H2,24,25,26);1H. The molecule has 0 aromatic heterocycles. The van der Waals surface area contributed by atoms with E-state index in [9.17, 15) is 0 Å². The van der Waals surface area contributed by atoms with Gasteiger partial charge in [0.2, 0.25) is 0 Å². The molecule has 1 aromatic rings. The van der Waals surface area contributed by atoms with Crippen molar-refractivity contribution in [3.63, 3.8) is 0 Å². The molecule has 1 aliphatic carbocycles. The minimum atomic E-state index is 0. The van der Waals surface area contributed by atoms with E-state index in [1.807, 2.05) is 0 Å². The van der Waals surface area contributed by atoms with Crippen LogP contribution < -0.4 is 10.6 Å². The summed E-state index contributed by atoms with van der Waals surface area (Å²) in [7, 11) is 0. The zero-order valence-electron chi connectivity index (χ0n) is 18.0. The second-order valence-corrected chi connectivity index (χ2v) is 8.25. The van der Waals surface area contributed by atoms with Gasteiger partial charge in [-0.2, -0.15) is 0 Å². The number of nitrogens with zero attached hydrogens (tertiary/aromatic N) is 1. The van der Waals surface area contributed by atoms with Gasteiger partial charge in [0.05, 0.1) is 19.3 Å². The molecule has 6 heteroatoms. The Balaban J connectivity index is 0.00000300. The predicted octanol–water partition coefficient (Wildman–Crippen LogP) is 4.63. The fourth-order valence-corrected chi connectivity index (χ4v) is 4.12. The second-order valence-electron chi connectivity index (χ2n) is 8.25. The van der Waals surface area contributed by atoms with E-state index in [0.717, 1.165) is 44.5 Å². The molecule has 5 nitrogen and oxygen atoms in total. The number of hydrogen-bond acceptors (Lipinski definition) is 3. The number of ether oxygens (including phenoxy) is 2. The molecule has 164 valence electrons. The normalized spacial score (nSPS) is 23.3. The molecule has 1 saturated carbocycles. The molecule has 0 spiro atoms. The molecule has 3 rings (SSSR count). The maximum atomic E-state index is 6.06. The largest absolute Gasteiger partial charge is 0.381 e. The smallest absolute Gasteiger partial charge is 0.191 e. The quantitative estimate of drug-likeness (QED) is 0.316. The van der Waals surface area contributed by atoms with E-state index in [1.54, 1.807) is 0 Å². The lowest BCUT2D eigenvalue weighted by Gasteiger charge is -2.28. The third-order valence-corrected chi connectivity index (χ3v) is 5.69. The number of hydrogen-bond donors (Lipinski definition) is 2. The second kappa shape index (κ2) is 13.4. The van der Waals surface area contributed by atoms with E-state index in [2.05, 4.69) is 48.7 Å². The first-order valence-electron chi connectivity index (χ1n) is 11.0. The molecule has 2 atom stereocenters. The summed E-state index contributed by atoms with van der Waals surface area (Å²) >= 11 is 0. The van der Waals surface area contributed by atoms with Crippen LogP contribution in [0.15, 0.2) is 29.3 Å². The first-order chi connectivity index (χ1) is 13.7. The van der Waals surface area contributed by atoms with Crippen LogP contribution in [-0.2, 0) is 22.6 Å². The monoisotopic (exact) mass is 515 g/mol. The lowest BCUT2D eigenvalue weighted by Crippen LogP contribution is -2.45. The first kappa shape index (κ1) is 24.4. The number of nitrogens with one attached hydrogen (secondary N) is 2. The van der Waals surface area contributed by atoms with E-state index in [1.165, 1.54) is 36.8 Å². The molecule has 29 heavy (non-hydrogen) atoms. The summed E-state index contributed by atoms with van der Waals surface area (Å²) in [6.45, 7) is 8.34. The van der Waals surface area contributed by atoms with E-state index in [0.29, 0.717) is 25.3 Å². The van der Waals surface area contributed by atoms with Crippen LogP contribution in [-0.4, -0.2) is 37.9 Å². The Bertz CT molecular complexity index is 620. The molecule has 1 saturated heterocycles. The van der Waals surface area contributed by atoms with Gasteiger partial charge in [0.25, 0.3) is 0 Å². The zero-order chi connectivity index (χ0) is 19.6. The van der Waals surface area contributed by atoms with E-state index in [4.69, 9.17) is 14.5 Å². The Morgan fingerprint density at radius 3 is 2.72 bits per heavy atom. The fourth-order valence-electron chi connectivity index (χ4n) is 4.12. The Kier molecular flexibility index (Phi) is 11.3. The predicted molar refractivity (Wildman–Crippen MR) is 130 cm³/mol. The summed E-state index contributed by atoms with van der Waals surface area (Å²) in [5.74, 6) is 1.74. The zero-order valence-corrected chi connectivity index (χ0v) is 20.3. The number of aliphatic imine (C=N–C) groups is 1. The van der Waals surface area contributed by atoms with Gasteiger partial charge < -0.3 is 20.1 Å². The summed E-state index contributed by atoms with van der Waals surface area (Å²) in [5, 5.41) is 7.04. The van der Waals surface area contributed by atoms with Crippen molar-refractivity contribution in [1.29, 1.82) is 0 Å². The van der Waals surface area contributed by atoms with Gasteiger partial charge >= 0.3 is 0 Å². The van der Waals surface area contributed by atoms with Gasteiger partial charge in [0.1, 0.15) is 0 Å². The highest BCUT2D eigenvalue weighted by molar-refractivity contribution is 14.0. The van der Waals surface area contributed by atoms with Crippen LogP contribution in [0.4, 0.5) is 0 Å². The van der Waals surface area contributed by atoms with Crippen molar-refractivity contribution in [2.45, 2.75) is 77.7 Å². The van der Waals surface area contributed by atoms with E-state index < -0.39 is 0 Å². The summed E-state index contributed by atoms with van der Waals surface area (Å²) in [6.07, 6.45) is 7.49. The minimum Gasteiger partial charge on any atom is -0.381 e. The molecular weight excluding hydrogens is 477 g/mol. The number of rotatable bonds is 7. The van der Waals surface area contributed by atoms with Gasteiger partial charge in [-0.1, -0.05) is 44.0 Å². The first-order valence-corrected chi connectivity index (χ1v) is 11.0. The Morgan fingerprint density at radius 2 is 1.97 bits per heavy atom. The lowest BCUT2D eigenvalue weighted by atomic mass is 9.87. The van der Waals surface area contributed by atoms with Crippen molar-refractivity contribution < 1.29 is 9.47 Å². The van der Waals surface area contributed by atoms with Gasteiger partial charge in [-0.25, -0.2) is 4.99 Å². The van der Waals surface area contributed by atoms with Crippen LogP contribution in [0.1, 0.15) is 63.5 Å². The fraction of sp³-hybridized carbons (Fsp3) is 0.696. The topological polar surface area (TPSA) is 54.9 Å². The highest BCUT2D eigenvalue weighted by Gasteiger charge is 2.19. The summed E-state index contributed by atoms with van der Waals surface area (Å²) < 4.78 is 11.5. The number of guanidine groups is 1. The van der Waals surface area contributed by atoms with Crippen molar-refractivity contribution in [3.8, 4) is 0 Å². The van der Waals surface area contributed by atoms with Crippen LogP contribution in [0.25, 0.3) is 0 Å². The average molecular weight is 515 g/mol. The molecule has 1 aliphatic heterocycles. The highest BCUT2D eigenvalue weighted by atomic mass is 127. The van der Waals surface area contributed by atoms with Crippen molar-refractivity contribution in [3.05, 3.63) is 35.4 Å². The molecule has 1 heterocycles. The highest BCUT2D eigenvalue weighted by Crippen LogP contribution is 2.23. The summed E-state index contributed by atoms with van der Waals surface area (Å²) in [5.41, 5.74) is 2.44. The molecule has 0 bridgehead atoms. The molecule has 2 fully saturated rings.